The van der Waals surface area contributed by atoms with Crippen molar-refractivity contribution in [3.8, 4) is 0 Å². The highest BCUT2D eigenvalue weighted by atomic mass is 19.2. The molecule has 1 saturated carbocycles. The maximum atomic E-state index is 14.8. The van der Waals surface area contributed by atoms with E-state index in [1.807, 2.05) is 0 Å². The highest BCUT2D eigenvalue weighted by molar-refractivity contribution is 5.83. The van der Waals surface area contributed by atoms with E-state index in [0.29, 0.717) is 30.2 Å². The van der Waals surface area contributed by atoms with Gasteiger partial charge in [0.2, 0.25) is 0 Å². The average molecular weight is 515 g/mol. The lowest BCUT2D eigenvalue weighted by Gasteiger charge is -2.38. The Balaban J connectivity index is 1.46. The van der Waals surface area contributed by atoms with Gasteiger partial charge in [-0.1, -0.05) is 13.3 Å². The maximum Gasteiger partial charge on any atom is 0.194 e. The zero-order valence-corrected chi connectivity index (χ0v) is 20.0. The van der Waals surface area contributed by atoms with Gasteiger partial charge < -0.3 is 4.74 Å². The Hall–Kier alpha value is -2.35. The Morgan fingerprint density at radius 1 is 0.778 bits per heavy atom. The molecular weight excluding hydrogens is 485 g/mol. The molecule has 0 aromatic heterocycles. The summed E-state index contributed by atoms with van der Waals surface area (Å²) < 4.78 is 105. The van der Waals surface area contributed by atoms with Crippen LogP contribution in [0.2, 0.25) is 0 Å². The van der Waals surface area contributed by atoms with Gasteiger partial charge in [0.15, 0.2) is 29.1 Å². The zero-order chi connectivity index (χ0) is 26.0. The lowest BCUT2D eigenvalue weighted by Crippen LogP contribution is -2.34. The van der Waals surface area contributed by atoms with Gasteiger partial charge in [-0.3, -0.25) is 0 Å². The van der Waals surface area contributed by atoms with E-state index in [9.17, 15) is 30.7 Å². The normalized spacial score (nSPS) is 25.6. The topological polar surface area (TPSA) is 9.23 Å². The van der Waals surface area contributed by atoms with E-state index < -0.39 is 51.9 Å². The molecule has 2 aromatic rings. The van der Waals surface area contributed by atoms with E-state index >= 15 is 0 Å². The lowest BCUT2D eigenvalue weighted by atomic mass is 9.75. The molecule has 0 bridgehead atoms. The second-order valence-electron chi connectivity index (χ2n) is 9.96. The van der Waals surface area contributed by atoms with Crippen LogP contribution < -0.4 is 0 Å². The van der Waals surface area contributed by atoms with Crippen molar-refractivity contribution < 1.29 is 35.5 Å². The Morgan fingerprint density at radius 3 is 1.92 bits per heavy atom. The monoisotopic (exact) mass is 514 g/mol. The Labute approximate surface area is 206 Å². The van der Waals surface area contributed by atoms with Crippen molar-refractivity contribution in [3.63, 3.8) is 0 Å². The summed E-state index contributed by atoms with van der Waals surface area (Å²) in [6.45, 7) is 2.95. The van der Waals surface area contributed by atoms with Crippen LogP contribution in [0.4, 0.5) is 30.7 Å². The van der Waals surface area contributed by atoms with Crippen molar-refractivity contribution in [1.29, 1.82) is 0 Å². The van der Waals surface area contributed by atoms with Crippen LogP contribution in [-0.4, -0.2) is 12.7 Å². The first kappa shape index (κ1) is 26.7. The summed E-state index contributed by atoms with van der Waals surface area (Å²) in [6.07, 6.45) is 7.80. The number of hydrogen-bond donors (Lipinski definition) is 0. The van der Waals surface area contributed by atoms with Crippen molar-refractivity contribution in [2.75, 3.05) is 6.61 Å². The summed E-state index contributed by atoms with van der Waals surface area (Å²) in [4.78, 5) is 0. The van der Waals surface area contributed by atoms with Gasteiger partial charge in [-0.2, -0.15) is 0 Å². The average Bonchev–Trinajstić information content (AvgIpc) is 2.86. The van der Waals surface area contributed by atoms with Crippen LogP contribution in [0.3, 0.4) is 0 Å². The molecule has 36 heavy (non-hydrogen) atoms. The number of halogens is 7. The van der Waals surface area contributed by atoms with Gasteiger partial charge in [0.25, 0.3) is 0 Å². The fraction of sp³-hybridized carbons (Fsp3) is 0.500. The quantitative estimate of drug-likeness (QED) is 0.212. The third-order valence-corrected chi connectivity index (χ3v) is 7.59. The third-order valence-electron chi connectivity index (χ3n) is 7.59. The number of benzene rings is 2. The van der Waals surface area contributed by atoms with Gasteiger partial charge in [-0.05, 0) is 92.5 Å². The number of hydrogen-bond acceptors (Lipinski definition) is 1. The molecular formula is C28H29F7O. The zero-order valence-electron chi connectivity index (χ0n) is 20.0. The van der Waals surface area contributed by atoms with Crippen LogP contribution in [0.1, 0.15) is 80.9 Å². The summed E-state index contributed by atoms with van der Waals surface area (Å²) >= 11 is 0. The highest BCUT2D eigenvalue weighted by Gasteiger charge is 2.33. The fourth-order valence-electron chi connectivity index (χ4n) is 5.62. The smallest absolute Gasteiger partial charge is 0.194 e. The first-order valence-corrected chi connectivity index (χ1v) is 12.5. The molecule has 2 fully saturated rings. The van der Waals surface area contributed by atoms with Crippen LogP contribution >= 0.6 is 0 Å². The summed E-state index contributed by atoms with van der Waals surface area (Å²) in [5.74, 6) is -11.0. The maximum absolute atomic E-state index is 14.8. The van der Waals surface area contributed by atoms with Crippen molar-refractivity contribution in [2.24, 2.45) is 11.8 Å². The molecule has 1 aliphatic carbocycles. The number of ether oxygens (including phenoxy) is 1. The predicted molar refractivity (Wildman–Crippen MR) is 124 cm³/mol. The SMILES string of the molecule is CCCC1CCC(C2CCC(c3cc(F)c(/C(F)=C(\F)c4cc(F)c(F)c(F)c4)c(F)c3)CC2)OC1. The molecule has 1 aliphatic heterocycles. The summed E-state index contributed by atoms with van der Waals surface area (Å²) in [5.41, 5.74) is -1.92. The largest absolute Gasteiger partial charge is 0.378 e. The first-order valence-electron chi connectivity index (χ1n) is 12.5. The standard InChI is InChI=1S/C28H29F7O/c1-2-3-15-4-9-24(36-14-15)17-7-5-16(6-8-17)18-10-20(29)25(21(30)11-18)28(35)26(33)19-12-22(31)27(34)23(32)13-19/h10-13,15-17,24H,2-9,14H2,1H3/b28-26+. The molecule has 2 aromatic carbocycles. The van der Waals surface area contributed by atoms with Gasteiger partial charge >= 0.3 is 0 Å². The molecule has 0 radical (unpaired) electrons. The van der Waals surface area contributed by atoms with E-state index in [1.54, 1.807) is 0 Å². The Kier molecular flexibility index (Phi) is 8.43. The van der Waals surface area contributed by atoms with Crippen molar-refractivity contribution >= 4 is 11.7 Å². The number of rotatable bonds is 6. The minimum absolute atomic E-state index is 0.132. The van der Waals surface area contributed by atoms with E-state index in [0.717, 1.165) is 50.8 Å². The minimum atomic E-state index is -1.96. The Bertz CT molecular complexity index is 1070. The van der Waals surface area contributed by atoms with Crippen molar-refractivity contribution in [1.82, 2.24) is 0 Å². The molecule has 0 spiro atoms. The molecule has 2 aliphatic rings. The predicted octanol–water partition coefficient (Wildman–Crippen LogP) is 9.02. The van der Waals surface area contributed by atoms with E-state index in [2.05, 4.69) is 6.92 Å². The van der Waals surface area contributed by atoms with Gasteiger partial charge in [-0.25, -0.2) is 30.7 Å². The molecule has 2 unspecified atom stereocenters. The fourth-order valence-corrected chi connectivity index (χ4v) is 5.62. The van der Waals surface area contributed by atoms with Crippen LogP contribution in [0, 0.1) is 40.9 Å². The van der Waals surface area contributed by atoms with Crippen molar-refractivity contribution in [2.45, 2.75) is 70.3 Å². The van der Waals surface area contributed by atoms with Crippen LogP contribution in [0.5, 0.6) is 0 Å². The Morgan fingerprint density at radius 2 is 1.39 bits per heavy atom. The second-order valence-corrected chi connectivity index (χ2v) is 9.96. The summed E-state index contributed by atoms with van der Waals surface area (Å²) in [7, 11) is 0. The van der Waals surface area contributed by atoms with Crippen LogP contribution in [0.15, 0.2) is 24.3 Å². The lowest BCUT2D eigenvalue weighted by molar-refractivity contribution is -0.0575. The van der Waals surface area contributed by atoms with Gasteiger partial charge in [0, 0.05) is 12.2 Å². The van der Waals surface area contributed by atoms with Gasteiger partial charge in [0.1, 0.15) is 11.6 Å². The molecule has 1 nitrogen and oxygen atoms in total. The van der Waals surface area contributed by atoms with E-state index in [-0.39, 0.29) is 24.2 Å². The van der Waals surface area contributed by atoms with Crippen LogP contribution in [-0.2, 0) is 4.74 Å². The van der Waals surface area contributed by atoms with Crippen molar-refractivity contribution in [3.05, 3.63) is 70.0 Å². The molecule has 8 heteroatoms. The third kappa shape index (κ3) is 5.63. The second kappa shape index (κ2) is 11.4. The molecule has 0 N–H and O–H groups in total. The summed E-state index contributed by atoms with van der Waals surface area (Å²) in [5, 5.41) is 0. The summed E-state index contributed by atoms with van der Waals surface area (Å²) in [6, 6.07) is 2.40. The molecule has 196 valence electrons. The first-order chi connectivity index (χ1) is 17.2. The molecule has 0 amide bonds. The molecule has 2 atom stereocenters. The van der Waals surface area contributed by atoms with E-state index in [1.165, 1.54) is 6.42 Å². The van der Waals surface area contributed by atoms with Gasteiger partial charge in [0.05, 0.1) is 11.7 Å². The van der Waals surface area contributed by atoms with Gasteiger partial charge in [-0.15, -0.1) is 0 Å². The van der Waals surface area contributed by atoms with E-state index in [4.69, 9.17) is 4.74 Å². The van der Waals surface area contributed by atoms with Crippen LogP contribution in [0.25, 0.3) is 11.7 Å². The molecule has 1 saturated heterocycles. The molecule has 1 heterocycles. The molecule has 4 rings (SSSR count). The highest BCUT2D eigenvalue weighted by Crippen LogP contribution is 2.42. The minimum Gasteiger partial charge on any atom is -0.378 e.